The van der Waals surface area contributed by atoms with Crippen LogP contribution in [0.4, 0.5) is 0 Å². The van der Waals surface area contributed by atoms with Crippen molar-refractivity contribution in [1.29, 1.82) is 0 Å². The summed E-state index contributed by atoms with van der Waals surface area (Å²) in [5, 5.41) is 3.36. The molecule has 3 saturated heterocycles. The van der Waals surface area contributed by atoms with Crippen molar-refractivity contribution in [2.24, 2.45) is 0 Å². The zero-order valence-corrected chi connectivity index (χ0v) is 6.79. The standard InChI is InChI=1S/C8H14N2O/c1-9-7-6-4-10-3-2-5(11-6)8(7)10/h5-9H,2-4H2,1H3/t5-,6+,7-,8?/m0/s1. The minimum atomic E-state index is 0.484. The predicted molar refractivity (Wildman–Crippen MR) is 41.5 cm³/mol. The number of rotatable bonds is 1. The van der Waals surface area contributed by atoms with Gasteiger partial charge in [-0.2, -0.15) is 0 Å². The van der Waals surface area contributed by atoms with Gasteiger partial charge < -0.3 is 10.1 Å². The number of fused-ring (bicyclic) bond motifs is 1. The Kier molecular flexibility index (Phi) is 1.15. The third kappa shape index (κ3) is 0.643. The second-order valence-corrected chi connectivity index (χ2v) is 3.80. The molecule has 0 spiro atoms. The van der Waals surface area contributed by atoms with E-state index in [1.807, 2.05) is 7.05 Å². The van der Waals surface area contributed by atoms with Crippen LogP contribution < -0.4 is 5.32 Å². The van der Waals surface area contributed by atoms with Crippen molar-refractivity contribution >= 4 is 0 Å². The molecule has 3 nitrogen and oxygen atoms in total. The van der Waals surface area contributed by atoms with Crippen LogP contribution in [-0.4, -0.2) is 49.3 Å². The van der Waals surface area contributed by atoms with Crippen LogP contribution in [0.2, 0.25) is 0 Å². The van der Waals surface area contributed by atoms with Crippen LogP contribution in [0.5, 0.6) is 0 Å². The highest BCUT2D eigenvalue weighted by molar-refractivity contribution is 5.11. The second kappa shape index (κ2) is 1.97. The fraction of sp³-hybridized carbons (Fsp3) is 1.00. The minimum Gasteiger partial charge on any atom is -0.370 e. The first-order chi connectivity index (χ1) is 5.40. The molecule has 4 atom stereocenters. The van der Waals surface area contributed by atoms with Crippen LogP contribution >= 0.6 is 0 Å². The molecule has 3 heterocycles. The predicted octanol–water partition coefficient (Wildman–Crippen LogP) is -0.570. The molecular formula is C8H14N2O. The lowest BCUT2D eigenvalue weighted by atomic mass is 10.1. The Bertz CT molecular complexity index is 171. The fourth-order valence-corrected chi connectivity index (χ4v) is 2.94. The molecule has 0 aliphatic carbocycles. The molecule has 11 heavy (non-hydrogen) atoms. The maximum absolute atomic E-state index is 5.85. The lowest BCUT2D eigenvalue weighted by molar-refractivity contribution is 0.00833. The SMILES string of the molecule is CN[C@@H]1C2[C@@H]3CCN2C[C@H]1O3. The molecule has 3 heteroatoms. The van der Waals surface area contributed by atoms with Gasteiger partial charge in [-0.05, 0) is 13.5 Å². The highest BCUT2D eigenvalue weighted by Gasteiger charge is 2.56. The van der Waals surface area contributed by atoms with Gasteiger partial charge in [0.05, 0.1) is 24.3 Å². The third-order valence-corrected chi connectivity index (χ3v) is 3.37. The first-order valence-electron chi connectivity index (χ1n) is 4.47. The quantitative estimate of drug-likeness (QED) is 0.547. The molecule has 0 aromatic carbocycles. The third-order valence-electron chi connectivity index (χ3n) is 3.37. The van der Waals surface area contributed by atoms with E-state index in [0.29, 0.717) is 24.3 Å². The summed E-state index contributed by atoms with van der Waals surface area (Å²) >= 11 is 0. The van der Waals surface area contributed by atoms with Crippen molar-refractivity contribution in [3.8, 4) is 0 Å². The van der Waals surface area contributed by atoms with E-state index in [-0.39, 0.29) is 0 Å². The Morgan fingerprint density at radius 2 is 2.36 bits per heavy atom. The first kappa shape index (κ1) is 6.40. The number of hydrogen-bond acceptors (Lipinski definition) is 3. The molecule has 62 valence electrons. The maximum Gasteiger partial charge on any atom is 0.0875 e. The van der Waals surface area contributed by atoms with E-state index in [4.69, 9.17) is 4.74 Å². The second-order valence-electron chi connectivity index (χ2n) is 3.80. The van der Waals surface area contributed by atoms with Crippen LogP contribution in [0, 0.1) is 0 Å². The zero-order chi connectivity index (χ0) is 7.42. The summed E-state index contributed by atoms with van der Waals surface area (Å²) in [4.78, 5) is 2.57. The Balaban J connectivity index is 1.93. The maximum atomic E-state index is 5.85. The van der Waals surface area contributed by atoms with E-state index < -0.39 is 0 Å². The number of hydrogen-bond donors (Lipinski definition) is 1. The first-order valence-corrected chi connectivity index (χ1v) is 4.47. The minimum absolute atomic E-state index is 0.484. The van der Waals surface area contributed by atoms with Gasteiger partial charge in [-0.1, -0.05) is 0 Å². The number of nitrogens with zero attached hydrogens (tertiary/aromatic N) is 1. The van der Waals surface area contributed by atoms with E-state index in [1.54, 1.807) is 0 Å². The van der Waals surface area contributed by atoms with Gasteiger partial charge in [-0.25, -0.2) is 0 Å². The number of ether oxygens (including phenoxy) is 1. The van der Waals surface area contributed by atoms with Crippen molar-refractivity contribution < 1.29 is 4.74 Å². The van der Waals surface area contributed by atoms with Gasteiger partial charge in [0.25, 0.3) is 0 Å². The molecule has 3 aliphatic rings. The molecule has 3 aliphatic heterocycles. The Morgan fingerprint density at radius 3 is 3.00 bits per heavy atom. The van der Waals surface area contributed by atoms with Crippen LogP contribution in [0.3, 0.4) is 0 Å². The molecule has 2 bridgehead atoms. The molecule has 1 unspecified atom stereocenters. The summed E-state index contributed by atoms with van der Waals surface area (Å²) in [6.07, 6.45) is 2.28. The molecule has 0 radical (unpaired) electrons. The lowest BCUT2D eigenvalue weighted by Gasteiger charge is -2.21. The molecule has 0 aromatic rings. The van der Waals surface area contributed by atoms with Crippen molar-refractivity contribution in [2.45, 2.75) is 30.7 Å². The van der Waals surface area contributed by atoms with Gasteiger partial charge in [0.2, 0.25) is 0 Å². The van der Waals surface area contributed by atoms with Gasteiger partial charge in [0.1, 0.15) is 0 Å². The van der Waals surface area contributed by atoms with E-state index in [2.05, 4.69) is 10.2 Å². The smallest absolute Gasteiger partial charge is 0.0875 e. The molecule has 3 fully saturated rings. The summed E-state index contributed by atoms with van der Waals surface area (Å²) in [6, 6.07) is 1.31. The molecule has 3 rings (SSSR count). The molecule has 0 saturated carbocycles. The van der Waals surface area contributed by atoms with Gasteiger partial charge in [0, 0.05) is 13.1 Å². The number of nitrogens with one attached hydrogen (secondary N) is 1. The van der Waals surface area contributed by atoms with Gasteiger partial charge in [-0.3, -0.25) is 4.90 Å². The van der Waals surface area contributed by atoms with E-state index in [1.165, 1.54) is 13.0 Å². The van der Waals surface area contributed by atoms with Crippen molar-refractivity contribution in [3.05, 3.63) is 0 Å². The van der Waals surface area contributed by atoms with Gasteiger partial charge in [0.15, 0.2) is 0 Å². The van der Waals surface area contributed by atoms with E-state index in [9.17, 15) is 0 Å². The van der Waals surface area contributed by atoms with Crippen LogP contribution in [0.25, 0.3) is 0 Å². The molecule has 0 aromatic heterocycles. The fourth-order valence-electron chi connectivity index (χ4n) is 2.94. The number of morpholine rings is 1. The van der Waals surface area contributed by atoms with E-state index >= 15 is 0 Å². The highest BCUT2D eigenvalue weighted by Crippen LogP contribution is 2.39. The lowest BCUT2D eigenvalue weighted by Crippen LogP contribution is -2.40. The summed E-state index contributed by atoms with van der Waals surface area (Å²) in [5.74, 6) is 0. The average molecular weight is 154 g/mol. The van der Waals surface area contributed by atoms with Crippen LogP contribution in [-0.2, 0) is 4.74 Å². The Labute approximate surface area is 66.7 Å². The molecule has 0 amide bonds. The van der Waals surface area contributed by atoms with Crippen molar-refractivity contribution in [3.63, 3.8) is 0 Å². The molecular weight excluding hydrogens is 140 g/mol. The van der Waals surface area contributed by atoms with Crippen LogP contribution in [0.15, 0.2) is 0 Å². The van der Waals surface area contributed by atoms with E-state index in [0.717, 1.165) is 6.54 Å². The average Bonchev–Trinajstić information content (AvgIpc) is 2.55. The largest absolute Gasteiger partial charge is 0.370 e. The van der Waals surface area contributed by atoms with Crippen molar-refractivity contribution in [1.82, 2.24) is 10.2 Å². The summed E-state index contributed by atoms with van der Waals surface area (Å²) in [7, 11) is 2.05. The van der Waals surface area contributed by atoms with Gasteiger partial charge in [-0.15, -0.1) is 0 Å². The van der Waals surface area contributed by atoms with Crippen LogP contribution in [0.1, 0.15) is 6.42 Å². The summed E-state index contributed by atoms with van der Waals surface area (Å²) in [5.41, 5.74) is 0. The monoisotopic (exact) mass is 154 g/mol. The van der Waals surface area contributed by atoms with Gasteiger partial charge >= 0.3 is 0 Å². The normalized spacial score (nSPS) is 54.3. The Morgan fingerprint density at radius 1 is 1.45 bits per heavy atom. The Hall–Kier alpha value is -0.120. The summed E-state index contributed by atoms with van der Waals surface area (Å²) in [6.45, 7) is 2.41. The van der Waals surface area contributed by atoms with Crippen molar-refractivity contribution in [2.75, 3.05) is 20.1 Å². The highest BCUT2D eigenvalue weighted by atomic mass is 16.5. The summed E-state index contributed by atoms with van der Waals surface area (Å²) < 4.78 is 5.85. The number of likely N-dealkylation sites (N-methyl/N-ethyl adjacent to an activating group) is 1. The molecule has 1 N–H and O–H groups in total. The topological polar surface area (TPSA) is 24.5 Å². The zero-order valence-electron chi connectivity index (χ0n) is 6.79.